The number of nitrogens with two attached hydrogens (primary N) is 1. The fourth-order valence-electron chi connectivity index (χ4n) is 3.30. The Morgan fingerprint density at radius 1 is 0.971 bits per heavy atom. The second kappa shape index (κ2) is 15.4. The summed E-state index contributed by atoms with van der Waals surface area (Å²) in [6.07, 6.45) is 1.62. The average molecular weight is 511 g/mol. The molecule has 35 heavy (non-hydrogen) atoms. The summed E-state index contributed by atoms with van der Waals surface area (Å²) >= 11 is 1.53. The van der Waals surface area contributed by atoms with Gasteiger partial charge in [0, 0.05) is 6.42 Å². The van der Waals surface area contributed by atoms with Crippen molar-refractivity contribution in [2.24, 2.45) is 11.7 Å². The fourth-order valence-corrected chi connectivity index (χ4v) is 3.79. The molecular weight excluding hydrogens is 472 g/mol. The first kappa shape index (κ1) is 30.4. The quantitative estimate of drug-likeness (QED) is 0.195. The van der Waals surface area contributed by atoms with E-state index in [4.69, 9.17) is 5.73 Å². The predicted molar refractivity (Wildman–Crippen MR) is 136 cm³/mol. The molecule has 0 radical (unpaired) electrons. The molecule has 0 aliphatic carbocycles. The molecule has 10 nitrogen and oxygen atoms in total. The number of aliphatic hydroxyl groups is 1. The highest BCUT2D eigenvalue weighted by Crippen LogP contribution is 2.10. The minimum absolute atomic E-state index is 0.0823. The molecule has 0 fully saturated rings. The minimum Gasteiger partial charge on any atom is -0.480 e. The lowest BCUT2D eigenvalue weighted by molar-refractivity contribution is -0.144. The molecule has 0 saturated carbocycles. The second-order valence-corrected chi connectivity index (χ2v) is 9.56. The summed E-state index contributed by atoms with van der Waals surface area (Å²) in [6.45, 7) is 4.87. The van der Waals surface area contributed by atoms with Crippen molar-refractivity contribution >= 4 is 35.5 Å². The Kier molecular flexibility index (Phi) is 13.4. The highest BCUT2D eigenvalue weighted by Gasteiger charge is 2.33. The number of hydrogen-bond donors (Lipinski definition) is 6. The number of carboxylic acids is 1. The molecule has 6 atom stereocenters. The van der Waals surface area contributed by atoms with Crippen LogP contribution in [0.4, 0.5) is 0 Å². The monoisotopic (exact) mass is 510 g/mol. The van der Waals surface area contributed by atoms with Gasteiger partial charge in [0.1, 0.15) is 18.1 Å². The van der Waals surface area contributed by atoms with Crippen LogP contribution in [0.25, 0.3) is 0 Å². The SMILES string of the molecule is CCC(C)C(NC(=O)C(Cc1ccccc1)NC(=O)C(NC(=O)C(N)CCSC)C(C)O)C(=O)O. The van der Waals surface area contributed by atoms with Crippen molar-refractivity contribution in [3.05, 3.63) is 35.9 Å². The van der Waals surface area contributed by atoms with Crippen molar-refractivity contribution < 1.29 is 29.4 Å². The van der Waals surface area contributed by atoms with E-state index in [1.54, 1.807) is 37.3 Å². The first-order valence-corrected chi connectivity index (χ1v) is 13.0. The molecule has 0 heterocycles. The van der Waals surface area contributed by atoms with Gasteiger partial charge < -0.3 is 31.9 Å². The number of amides is 3. The standard InChI is InChI=1S/C24H38N4O6S/c1-5-14(2)19(24(33)34)27-22(31)18(13-16-9-7-6-8-10-16)26-23(32)20(15(3)29)28-21(30)17(25)11-12-35-4/h6-10,14-15,17-20,29H,5,11-13,25H2,1-4H3,(H,26,32)(H,27,31)(H,28,30)(H,33,34). The normalized spacial score (nSPS) is 16.2. The zero-order chi connectivity index (χ0) is 26.5. The summed E-state index contributed by atoms with van der Waals surface area (Å²) in [4.78, 5) is 50.3. The molecule has 6 unspecified atom stereocenters. The zero-order valence-electron chi connectivity index (χ0n) is 20.7. The summed E-state index contributed by atoms with van der Waals surface area (Å²) in [7, 11) is 0. The Bertz CT molecular complexity index is 839. The number of aliphatic hydroxyl groups excluding tert-OH is 1. The number of aliphatic carboxylic acids is 1. The molecule has 11 heteroatoms. The van der Waals surface area contributed by atoms with Crippen LogP contribution in [0.5, 0.6) is 0 Å². The van der Waals surface area contributed by atoms with Crippen LogP contribution in [0.15, 0.2) is 30.3 Å². The molecule has 0 spiro atoms. The third kappa shape index (κ3) is 10.3. The number of carbonyl (C=O) groups excluding carboxylic acids is 3. The lowest BCUT2D eigenvalue weighted by atomic mass is 9.98. The van der Waals surface area contributed by atoms with Crippen molar-refractivity contribution in [2.45, 2.75) is 70.3 Å². The van der Waals surface area contributed by atoms with Crippen LogP contribution < -0.4 is 21.7 Å². The minimum atomic E-state index is -1.35. The van der Waals surface area contributed by atoms with Crippen molar-refractivity contribution in [3.63, 3.8) is 0 Å². The number of hydrogen-bond acceptors (Lipinski definition) is 7. The smallest absolute Gasteiger partial charge is 0.326 e. The summed E-state index contributed by atoms with van der Waals surface area (Å²) in [5, 5.41) is 27.3. The highest BCUT2D eigenvalue weighted by molar-refractivity contribution is 7.98. The maximum absolute atomic E-state index is 13.1. The van der Waals surface area contributed by atoms with Gasteiger partial charge in [-0.1, -0.05) is 50.6 Å². The number of thioether (sulfide) groups is 1. The average Bonchev–Trinajstić information content (AvgIpc) is 2.83. The van der Waals surface area contributed by atoms with Crippen LogP contribution >= 0.6 is 11.8 Å². The molecule has 7 N–H and O–H groups in total. The summed E-state index contributed by atoms with van der Waals surface area (Å²) < 4.78 is 0. The maximum atomic E-state index is 13.1. The summed E-state index contributed by atoms with van der Waals surface area (Å²) in [5.41, 5.74) is 6.61. The lowest BCUT2D eigenvalue weighted by Gasteiger charge is -2.27. The van der Waals surface area contributed by atoms with Crippen LogP contribution in [0.3, 0.4) is 0 Å². The van der Waals surface area contributed by atoms with E-state index in [0.717, 1.165) is 5.56 Å². The molecule has 1 rings (SSSR count). The van der Waals surface area contributed by atoms with E-state index in [1.165, 1.54) is 18.7 Å². The van der Waals surface area contributed by atoms with Crippen molar-refractivity contribution in [3.8, 4) is 0 Å². The molecule has 0 aromatic heterocycles. The van der Waals surface area contributed by atoms with Crippen LogP contribution in [0, 0.1) is 5.92 Å². The molecule has 196 valence electrons. The topological polar surface area (TPSA) is 171 Å². The Morgan fingerprint density at radius 2 is 1.57 bits per heavy atom. The number of rotatable bonds is 15. The van der Waals surface area contributed by atoms with Gasteiger partial charge in [0.15, 0.2) is 0 Å². The summed E-state index contributed by atoms with van der Waals surface area (Å²) in [6, 6.07) is 4.43. The first-order chi connectivity index (χ1) is 16.5. The van der Waals surface area contributed by atoms with Gasteiger partial charge in [-0.3, -0.25) is 14.4 Å². The largest absolute Gasteiger partial charge is 0.480 e. The molecule has 0 aliphatic rings. The van der Waals surface area contributed by atoms with Crippen LogP contribution in [0.1, 0.15) is 39.2 Å². The van der Waals surface area contributed by atoms with Gasteiger partial charge in [-0.25, -0.2) is 4.79 Å². The van der Waals surface area contributed by atoms with Gasteiger partial charge in [-0.05, 0) is 36.8 Å². The Labute approximate surface area is 210 Å². The van der Waals surface area contributed by atoms with E-state index in [-0.39, 0.29) is 12.3 Å². The second-order valence-electron chi connectivity index (χ2n) is 8.58. The molecule has 1 aromatic carbocycles. The van der Waals surface area contributed by atoms with E-state index in [9.17, 15) is 29.4 Å². The maximum Gasteiger partial charge on any atom is 0.326 e. The Morgan fingerprint density at radius 3 is 2.09 bits per heavy atom. The fraction of sp³-hybridized carbons (Fsp3) is 0.583. The van der Waals surface area contributed by atoms with Crippen LogP contribution in [0.2, 0.25) is 0 Å². The molecule has 0 aliphatic heterocycles. The zero-order valence-corrected chi connectivity index (χ0v) is 21.5. The highest BCUT2D eigenvalue weighted by atomic mass is 32.2. The van der Waals surface area contributed by atoms with Crippen LogP contribution in [-0.2, 0) is 25.6 Å². The number of nitrogens with one attached hydrogen (secondary N) is 3. The Hall–Kier alpha value is -2.63. The Balaban J connectivity index is 3.08. The van der Waals surface area contributed by atoms with Gasteiger partial charge in [0.25, 0.3) is 0 Å². The third-order valence-electron chi connectivity index (χ3n) is 5.72. The number of benzene rings is 1. The van der Waals surface area contributed by atoms with Gasteiger partial charge >= 0.3 is 5.97 Å². The third-order valence-corrected chi connectivity index (χ3v) is 6.37. The molecular formula is C24H38N4O6S. The number of carboxylic acid groups (broad SMARTS) is 1. The number of carbonyl (C=O) groups is 4. The lowest BCUT2D eigenvalue weighted by Crippen LogP contribution is -2.60. The predicted octanol–water partition coefficient (Wildman–Crippen LogP) is 0.275. The van der Waals surface area contributed by atoms with E-state index >= 15 is 0 Å². The van der Waals surface area contributed by atoms with Gasteiger partial charge in [-0.2, -0.15) is 11.8 Å². The van der Waals surface area contributed by atoms with Crippen molar-refractivity contribution in [1.29, 1.82) is 0 Å². The van der Waals surface area contributed by atoms with Gasteiger partial charge in [0.2, 0.25) is 17.7 Å². The molecule has 1 aromatic rings. The first-order valence-electron chi connectivity index (χ1n) is 11.6. The van der Waals surface area contributed by atoms with E-state index < -0.39 is 54.0 Å². The van der Waals surface area contributed by atoms with Crippen LogP contribution in [-0.4, -0.2) is 76.2 Å². The van der Waals surface area contributed by atoms with E-state index in [2.05, 4.69) is 16.0 Å². The van der Waals surface area contributed by atoms with Gasteiger partial charge in [0.05, 0.1) is 12.1 Å². The summed E-state index contributed by atoms with van der Waals surface area (Å²) in [5.74, 6) is -2.91. The van der Waals surface area contributed by atoms with Crippen molar-refractivity contribution in [1.82, 2.24) is 16.0 Å². The molecule has 3 amide bonds. The molecule has 0 bridgehead atoms. The van der Waals surface area contributed by atoms with Crippen molar-refractivity contribution in [2.75, 3.05) is 12.0 Å². The van der Waals surface area contributed by atoms with E-state index in [0.29, 0.717) is 18.6 Å². The molecule has 0 saturated heterocycles. The van der Waals surface area contributed by atoms with Gasteiger partial charge in [-0.15, -0.1) is 0 Å². The van der Waals surface area contributed by atoms with E-state index in [1.807, 2.05) is 13.2 Å².